The van der Waals surface area contributed by atoms with Gasteiger partial charge in [-0.1, -0.05) is 35.9 Å². The van der Waals surface area contributed by atoms with Gasteiger partial charge in [-0.25, -0.2) is 4.68 Å². The van der Waals surface area contributed by atoms with Crippen molar-refractivity contribution in [3.63, 3.8) is 0 Å². The second-order valence-electron chi connectivity index (χ2n) is 7.22. The third-order valence-electron chi connectivity index (χ3n) is 5.50. The molecule has 1 amide bonds. The summed E-state index contributed by atoms with van der Waals surface area (Å²) in [6, 6.07) is 17.2. The van der Waals surface area contributed by atoms with Gasteiger partial charge in [0.15, 0.2) is 0 Å². The Kier molecular flexibility index (Phi) is 3.37. The molecule has 0 fully saturated rings. The second-order valence-corrected chi connectivity index (χ2v) is 7.22. The average molecular weight is 383 g/mol. The molecular formula is C22H17N5O2. The maximum absolute atomic E-state index is 13.5. The minimum Gasteiger partial charge on any atom is -0.422 e. The molecule has 2 aliphatic heterocycles. The van der Waals surface area contributed by atoms with E-state index in [9.17, 15) is 10.1 Å². The Balaban J connectivity index is 1.91. The number of benzene rings is 2. The summed E-state index contributed by atoms with van der Waals surface area (Å²) < 4.78 is 7.50. The van der Waals surface area contributed by atoms with Crippen LogP contribution in [-0.4, -0.2) is 15.7 Å². The molecule has 0 radical (unpaired) electrons. The van der Waals surface area contributed by atoms with Gasteiger partial charge in [-0.3, -0.25) is 4.79 Å². The van der Waals surface area contributed by atoms with Crippen molar-refractivity contribution in [3.05, 3.63) is 82.4 Å². The van der Waals surface area contributed by atoms with Gasteiger partial charge in [0.05, 0.1) is 16.9 Å². The zero-order chi connectivity index (χ0) is 20.3. The minimum atomic E-state index is -1.40. The van der Waals surface area contributed by atoms with Crippen LogP contribution in [0.3, 0.4) is 0 Å². The van der Waals surface area contributed by atoms with Gasteiger partial charge in [-0.05, 0) is 32.0 Å². The summed E-state index contributed by atoms with van der Waals surface area (Å²) in [5.41, 5.74) is 9.06. The number of carbonyl (C=O) groups excluding carboxylic acids is 1. The number of para-hydroxylation sites is 1. The van der Waals surface area contributed by atoms with Crippen molar-refractivity contribution in [2.45, 2.75) is 19.3 Å². The molecule has 1 aromatic heterocycles. The van der Waals surface area contributed by atoms with E-state index in [0.29, 0.717) is 28.4 Å². The molecule has 3 N–H and O–H groups in total. The number of aryl methyl sites for hydroxylation is 2. The standard InChI is InChI=1S/C22H17N5O2/c1-12-8-9-17-15(10-12)22(21(28)25-17)16(11-23)19(24)29-20-18(22)13(2)26-27(20)14-6-4-3-5-7-14/h3-10H,24H2,1-2H3,(H,25,28). The molecule has 1 spiro atoms. The predicted octanol–water partition coefficient (Wildman–Crippen LogP) is 2.81. The number of nitrogens with one attached hydrogen (secondary N) is 1. The molecule has 0 saturated carbocycles. The SMILES string of the molecule is Cc1ccc2c(c1)C1(C(=O)N2)C(C#N)=C(N)Oc2c1c(C)nn2-c1ccccc1. The van der Waals surface area contributed by atoms with Crippen molar-refractivity contribution in [1.82, 2.24) is 9.78 Å². The van der Waals surface area contributed by atoms with E-state index in [0.717, 1.165) is 11.3 Å². The quantitative estimate of drug-likeness (QED) is 0.672. The highest BCUT2D eigenvalue weighted by atomic mass is 16.5. The van der Waals surface area contributed by atoms with Crippen LogP contribution in [0.5, 0.6) is 5.88 Å². The van der Waals surface area contributed by atoms with Gasteiger partial charge in [-0.2, -0.15) is 10.4 Å². The molecule has 3 aromatic rings. The average Bonchev–Trinajstić information content (AvgIpc) is 3.18. The van der Waals surface area contributed by atoms with Crippen molar-refractivity contribution < 1.29 is 9.53 Å². The van der Waals surface area contributed by atoms with Crippen molar-refractivity contribution in [2.24, 2.45) is 5.73 Å². The Morgan fingerprint density at radius 3 is 2.69 bits per heavy atom. The first-order chi connectivity index (χ1) is 14.0. The lowest BCUT2D eigenvalue weighted by Crippen LogP contribution is -2.42. The maximum Gasteiger partial charge on any atom is 0.245 e. The molecule has 3 heterocycles. The number of nitrogens with zero attached hydrogens (tertiary/aromatic N) is 3. The fraction of sp³-hybridized carbons (Fsp3) is 0.136. The molecule has 0 bridgehead atoms. The number of carbonyl (C=O) groups is 1. The third kappa shape index (κ3) is 2.05. The molecular weight excluding hydrogens is 366 g/mol. The minimum absolute atomic E-state index is 0.0718. The Bertz CT molecular complexity index is 1270. The van der Waals surface area contributed by atoms with Gasteiger partial charge in [0.1, 0.15) is 17.1 Å². The van der Waals surface area contributed by atoms with Crippen LogP contribution in [-0.2, 0) is 10.2 Å². The summed E-state index contributed by atoms with van der Waals surface area (Å²) in [6.45, 7) is 3.75. The number of hydrogen-bond acceptors (Lipinski definition) is 5. The van der Waals surface area contributed by atoms with E-state index in [1.165, 1.54) is 0 Å². The first-order valence-electron chi connectivity index (χ1n) is 9.14. The third-order valence-corrected chi connectivity index (χ3v) is 5.50. The number of hydrogen-bond donors (Lipinski definition) is 2. The van der Waals surface area contributed by atoms with E-state index in [1.54, 1.807) is 11.6 Å². The summed E-state index contributed by atoms with van der Waals surface area (Å²) in [5, 5.41) is 17.5. The first kappa shape index (κ1) is 17.1. The lowest BCUT2D eigenvalue weighted by atomic mass is 9.69. The summed E-state index contributed by atoms with van der Waals surface area (Å²) in [5.74, 6) is -0.0887. The van der Waals surface area contributed by atoms with Crippen LogP contribution < -0.4 is 15.8 Å². The summed E-state index contributed by atoms with van der Waals surface area (Å²) in [6.07, 6.45) is 0. The van der Waals surface area contributed by atoms with E-state index in [1.807, 2.05) is 55.5 Å². The van der Waals surface area contributed by atoms with E-state index in [4.69, 9.17) is 10.5 Å². The highest BCUT2D eigenvalue weighted by Crippen LogP contribution is 2.54. The Labute approximate surface area is 167 Å². The van der Waals surface area contributed by atoms with Crippen molar-refractivity contribution in [2.75, 3.05) is 5.32 Å². The van der Waals surface area contributed by atoms with Crippen LogP contribution >= 0.6 is 0 Å². The highest BCUT2D eigenvalue weighted by Gasteiger charge is 2.58. The molecule has 2 aromatic carbocycles. The molecule has 29 heavy (non-hydrogen) atoms. The summed E-state index contributed by atoms with van der Waals surface area (Å²) >= 11 is 0. The van der Waals surface area contributed by atoms with Crippen LogP contribution in [0, 0.1) is 25.2 Å². The van der Waals surface area contributed by atoms with Crippen LogP contribution in [0.2, 0.25) is 0 Å². The van der Waals surface area contributed by atoms with Gasteiger partial charge in [0.2, 0.25) is 17.7 Å². The van der Waals surface area contributed by atoms with E-state index in [2.05, 4.69) is 16.5 Å². The number of ether oxygens (including phenoxy) is 1. The Hall–Kier alpha value is -4.05. The highest BCUT2D eigenvalue weighted by molar-refractivity contribution is 6.12. The zero-order valence-electron chi connectivity index (χ0n) is 15.9. The van der Waals surface area contributed by atoms with Crippen LogP contribution in [0.15, 0.2) is 60.0 Å². The molecule has 7 heteroatoms. The molecule has 7 nitrogen and oxygen atoms in total. The molecule has 1 unspecified atom stereocenters. The zero-order valence-corrected chi connectivity index (χ0v) is 15.9. The second kappa shape index (κ2) is 5.72. The number of nitriles is 1. The fourth-order valence-electron chi connectivity index (χ4n) is 4.29. The Morgan fingerprint density at radius 2 is 1.97 bits per heavy atom. The number of rotatable bonds is 1. The van der Waals surface area contributed by atoms with Crippen LogP contribution in [0.25, 0.3) is 5.69 Å². The van der Waals surface area contributed by atoms with Gasteiger partial charge < -0.3 is 15.8 Å². The predicted molar refractivity (Wildman–Crippen MR) is 106 cm³/mol. The van der Waals surface area contributed by atoms with Crippen LogP contribution in [0.4, 0.5) is 5.69 Å². The van der Waals surface area contributed by atoms with Crippen molar-refractivity contribution >= 4 is 11.6 Å². The van der Waals surface area contributed by atoms with Gasteiger partial charge >= 0.3 is 0 Å². The number of nitrogens with two attached hydrogens (primary N) is 1. The molecule has 1 atom stereocenters. The fourth-order valence-corrected chi connectivity index (χ4v) is 4.29. The van der Waals surface area contributed by atoms with E-state index < -0.39 is 5.41 Å². The molecule has 0 saturated heterocycles. The van der Waals surface area contributed by atoms with E-state index in [-0.39, 0.29) is 17.4 Å². The molecule has 5 rings (SSSR count). The van der Waals surface area contributed by atoms with Crippen molar-refractivity contribution in [1.29, 1.82) is 5.26 Å². The number of fused-ring (bicyclic) bond motifs is 4. The molecule has 0 aliphatic carbocycles. The Morgan fingerprint density at radius 1 is 1.21 bits per heavy atom. The number of amides is 1. The topological polar surface area (TPSA) is 106 Å². The summed E-state index contributed by atoms with van der Waals surface area (Å²) in [4.78, 5) is 13.5. The number of anilines is 1. The lowest BCUT2D eigenvalue weighted by molar-refractivity contribution is -0.118. The maximum atomic E-state index is 13.5. The van der Waals surface area contributed by atoms with Gasteiger partial charge in [0, 0.05) is 11.3 Å². The van der Waals surface area contributed by atoms with Gasteiger partial charge in [0.25, 0.3) is 0 Å². The first-order valence-corrected chi connectivity index (χ1v) is 9.14. The summed E-state index contributed by atoms with van der Waals surface area (Å²) in [7, 11) is 0. The van der Waals surface area contributed by atoms with Crippen LogP contribution in [0.1, 0.15) is 22.4 Å². The molecule has 142 valence electrons. The largest absolute Gasteiger partial charge is 0.422 e. The molecule has 2 aliphatic rings. The lowest BCUT2D eigenvalue weighted by Gasteiger charge is -2.32. The number of aromatic nitrogens is 2. The smallest absolute Gasteiger partial charge is 0.245 e. The van der Waals surface area contributed by atoms with E-state index >= 15 is 0 Å². The van der Waals surface area contributed by atoms with Gasteiger partial charge in [-0.15, -0.1) is 0 Å². The normalized spacial score (nSPS) is 19.4. The van der Waals surface area contributed by atoms with Crippen molar-refractivity contribution in [3.8, 4) is 17.6 Å². The monoisotopic (exact) mass is 383 g/mol.